The van der Waals surface area contributed by atoms with E-state index in [0.29, 0.717) is 17.8 Å². The SMILES string of the molecule is Cc1nc(CNC2C[C@H](C)Sc3sccc32)oc1C. The lowest BCUT2D eigenvalue weighted by Gasteiger charge is -2.27. The molecule has 1 unspecified atom stereocenters. The van der Waals surface area contributed by atoms with Crippen molar-refractivity contribution in [3.8, 4) is 0 Å². The van der Waals surface area contributed by atoms with Crippen LogP contribution in [0, 0.1) is 13.8 Å². The van der Waals surface area contributed by atoms with Gasteiger partial charge in [0.15, 0.2) is 0 Å². The number of oxazole rings is 1. The van der Waals surface area contributed by atoms with Crippen molar-refractivity contribution in [1.82, 2.24) is 10.3 Å². The van der Waals surface area contributed by atoms with Gasteiger partial charge >= 0.3 is 0 Å². The molecule has 19 heavy (non-hydrogen) atoms. The average molecular weight is 294 g/mol. The summed E-state index contributed by atoms with van der Waals surface area (Å²) in [6.07, 6.45) is 1.16. The molecular formula is C14H18N2OS2. The monoisotopic (exact) mass is 294 g/mol. The third-order valence-corrected chi connectivity index (χ3v) is 5.83. The van der Waals surface area contributed by atoms with Gasteiger partial charge in [0.2, 0.25) is 5.89 Å². The van der Waals surface area contributed by atoms with Crippen LogP contribution in [0.15, 0.2) is 20.1 Å². The minimum Gasteiger partial charge on any atom is -0.444 e. The van der Waals surface area contributed by atoms with Crippen LogP contribution >= 0.6 is 23.1 Å². The lowest BCUT2D eigenvalue weighted by molar-refractivity contribution is 0.411. The molecule has 0 amide bonds. The Labute approximate surface area is 121 Å². The summed E-state index contributed by atoms with van der Waals surface area (Å²) in [5, 5.41) is 6.44. The van der Waals surface area contributed by atoms with Gasteiger partial charge in [0.25, 0.3) is 0 Å². The van der Waals surface area contributed by atoms with Gasteiger partial charge in [-0.2, -0.15) is 0 Å². The van der Waals surface area contributed by atoms with E-state index in [1.54, 1.807) is 0 Å². The van der Waals surface area contributed by atoms with Gasteiger partial charge in [0, 0.05) is 11.3 Å². The Kier molecular flexibility index (Phi) is 3.69. The Hall–Kier alpha value is -0.780. The molecule has 0 bridgehead atoms. The van der Waals surface area contributed by atoms with Crippen molar-refractivity contribution in [2.45, 2.75) is 49.2 Å². The molecule has 5 heteroatoms. The Morgan fingerprint density at radius 1 is 1.47 bits per heavy atom. The number of nitrogens with zero attached hydrogens (tertiary/aromatic N) is 1. The Morgan fingerprint density at radius 2 is 2.32 bits per heavy atom. The van der Waals surface area contributed by atoms with Crippen molar-refractivity contribution < 1.29 is 4.42 Å². The van der Waals surface area contributed by atoms with Gasteiger partial charge in [-0.3, -0.25) is 0 Å². The molecule has 0 aliphatic carbocycles. The molecule has 0 radical (unpaired) electrons. The second kappa shape index (κ2) is 5.31. The first-order chi connectivity index (χ1) is 9.13. The average Bonchev–Trinajstić information content (AvgIpc) is 2.94. The Morgan fingerprint density at radius 3 is 3.05 bits per heavy atom. The normalized spacial score (nSPS) is 22.5. The topological polar surface area (TPSA) is 38.1 Å². The molecule has 1 N–H and O–H groups in total. The van der Waals surface area contributed by atoms with E-state index in [4.69, 9.17) is 4.42 Å². The third kappa shape index (κ3) is 2.73. The van der Waals surface area contributed by atoms with Gasteiger partial charge in [0.05, 0.1) is 16.4 Å². The van der Waals surface area contributed by atoms with E-state index < -0.39 is 0 Å². The van der Waals surface area contributed by atoms with Crippen LogP contribution in [0.2, 0.25) is 0 Å². The minimum absolute atomic E-state index is 0.421. The Bertz CT molecular complexity index is 556. The van der Waals surface area contributed by atoms with Gasteiger partial charge in [-0.05, 0) is 37.3 Å². The van der Waals surface area contributed by atoms with Crippen LogP contribution in [0.25, 0.3) is 0 Å². The second-order valence-corrected chi connectivity index (χ2v) is 7.63. The summed E-state index contributed by atoms with van der Waals surface area (Å²) in [4.78, 5) is 4.43. The number of hydrogen-bond donors (Lipinski definition) is 1. The van der Waals surface area contributed by atoms with E-state index in [-0.39, 0.29) is 0 Å². The van der Waals surface area contributed by atoms with Crippen LogP contribution < -0.4 is 5.32 Å². The summed E-state index contributed by atoms with van der Waals surface area (Å²) < 4.78 is 7.08. The highest BCUT2D eigenvalue weighted by Crippen LogP contribution is 2.43. The van der Waals surface area contributed by atoms with Gasteiger partial charge in [-0.25, -0.2) is 4.98 Å². The fraction of sp³-hybridized carbons (Fsp3) is 0.500. The van der Waals surface area contributed by atoms with E-state index in [2.05, 4.69) is 28.7 Å². The molecule has 3 nitrogen and oxygen atoms in total. The minimum atomic E-state index is 0.421. The summed E-state index contributed by atoms with van der Waals surface area (Å²) in [5.41, 5.74) is 2.42. The quantitative estimate of drug-likeness (QED) is 0.926. The lowest BCUT2D eigenvalue weighted by Crippen LogP contribution is -2.26. The zero-order valence-electron chi connectivity index (χ0n) is 11.4. The summed E-state index contributed by atoms with van der Waals surface area (Å²) >= 11 is 3.83. The maximum atomic E-state index is 5.63. The van der Waals surface area contributed by atoms with Crippen molar-refractivity contribution in [3.63, 3.8) is 0 Å². The van der Waals surface area contributed by atoms with Crippen molar-refractivity contribution in [2.75, 3.05) is 0 Å². The summed E-state index contributed by atoms with van der Waals surface area (Å²) in [5.74, 6) is 1.71. The molecule has 0 saturated heterocycles. The van der Waals surface area contributed by atoms with E-state index in [1.165, 1.54) is 9.77 Å². The number of thiophene rings is 1. The molecule has 0 spiro atoms. The number of fused-ring (bicyclic) bond motifs is 1. The molecule has 2 aromatic heterocycles. The van der Waals surface area contributed by atoms with E-state index in [9.17, 15) is 0 Å². The number of hydrogen-bond acceptors (Lipinski definition) is 5. The maximum absolute atomic E-state index is 5.63. The predicted molar refractivity (Wildman–Crippen MR) is 79.8 cm³/mol. The van der Waals surface area contributed by atoms with E-state index in [1.807, 2.05) is 36.9 Å². The van der Waals surface area contributed by atoms with Gasteiger partial charge in [0.1, 0.15) is 5.76 Å². The summed E-state index contributed by atoms with van der Waals surface area (Å²) in [7, 11) is 0. The third-order valence-electron chi connectivity index (χ3n) is 3.48. The molecule has 3 heterocycles. The van der Waals surface area contributed by atoms with Crippen LogP contribution in [0.4, 0.5) is 0 Å². The molecule has 2 atom stereocenters. The zero-order valence-corrected chi connectivity index (χ0v) is 13.0. The molecule has 2 aromatic rings. The van der Waals surface area contributed by atoms with Crippen LogP contribution in [0.5, 0.6) is 0 Å². The molecule has 3 rings (SSSR count). The van der Waals surface area contributed by atoms with Crippen molar-refractivity contribution >= 4 is 23.1 Å². The first kappa shape index (κ1) is 13.2. The zero-order chi connectivity index (χ0) is 13.4. The second-order valence-electron chi connectivity index (χ2n) is 5.01. The van der Waals surface area contributed by atoms with Gasteiger partial charge < -0.3 is 9.73 Å². The largest absolute Gasteiger partial charge is 0.444 e. The first-order valence-corrected chi connectivity index (χ1v) is 8.29. The van der Waals surface area contributed by atoms with Crippen molar-refractivity contribution in [1.29, 1.82) is 0 Å². The number of rotatable bonds is 3. The smallest absolute Gasteiger partial charge is 0.208 e. The molecule has 0 fully saturated rings. The highest BCUT2D eigenvalue weighted by Gasteiger charge is 2.26. The molecule has 102 valence electrons. The van der Waals surface area contributed by atoms with Crippen molar-refractivity contribution in [2.24, 2.45) is 0 Å². The number of thioether (sulfide) groups is 1. The molecule has 0 aromatic carbocycles. The maximum Gasteiger partial charge on any atom is 0.208 e. The lowest BCUT2D eigenvalue weighted by atomic mass is 10.1. The molecular weight excluding hydrogens is 276 g/mol. The van der Waals surface area contributed by atoms with Crippen molar-refractivity contribution in [3.05, 3.63) is 34.4 Å². The standard InChI is InChI=1S/C14H18N2OS2/c1-8-6-12(11-4-5-18-14(11)19-8)15-7-13-16-9(2)10(3)17-13/h4-5,8,12,15H,6-7H2,1-3H3/t8-,12?/m0/s1. The van der Waals surface area contributed by atoms with Crippen LogP contribution in [-0.2, 0) is 6.54 Å². The van der Waals surface area contributed by atoms with E-state index >= 15 is 0 Å². The first-order valence-electron chi connectivity index (χ1n) is 6.54. The fourth-order valence-corrected chi connectivity index (χ4v) is 4.93. The molecule has 1 aliphatic rings. The van der Waals surface area contributed by atoms with Gasteiger partial charge in [-0.1, -0.05) is 6.92 Å². The summed E-state index contributed by atoms with van der Waals surface area (Å²) in [6.45, 7) is 6.94. The molecule has 1 aliphatic heterocycles. The van der Waals surface area contributed by atoms with E-state index in [0.717, 1.165) is 23.8 Å². The van der Waals surface area contributed by atoms with Crippen LogP contribution in [0.1, 0.15) is 42.3 Å². The number of nitrogens with one attached hydrogen (secondary N) is 1. The molecule has 0 saturated carbocycles. The number of aryl methyl sites for hydroxylation is 2. The van der Waals surface area contributed by atoms with Crippen LogP contribution in [0.3, 0.4) is 0 Å². The predicted octanol–water partition coefficient (Wildman–Crippen LogP) is 4.07. The van der Waals surface area contributed by atoms with Crippen LogP contribution in [-0.4, -0.2) is 10.2 Å². The fourth-order valence-electron chi connectivity index (χ4n) is 2.37. The highest BCUT2D eigenvalue weighted by atomic mass is 32.2. The Balaban J connectivity index is 1.71. The number of aromatic nitrogens is 1. The summed E-state index contributed by atoms with van der Waals surface area (Å²) in [6, 6.07) is 2.66. The highest BCUT2D eigenvalue weighted by molar-refractivity contribution is 8.01. The van der Waals surface area contributed by atoms with Gasteiger partial charge in [-0.15, -0.1) is 23.1 Å².